The zero-order valence-corrected chi connectivity index (χ0v) is 12.8. The number of halogens is 1. The summed E-state index contributed by atoms with van der Waals surface area (Å²) >= 11 is 3.40. The molecule has 19 heavy (non-hydrogen) atoms. The lowest BCUT2D eigenvalue weighted by Gasteiger charge is -2.37. The zero-order chi connectivity index (χ0) is 13.7. The lowest BCUT2D eigenvalue weighted by atomic mass is 10.1. The molecule has 1 fully saturated rings. The number of rotatable bonds is 4. The number of anilines is 1. The number of hydrogen-bond donors (Lipinski definition) is 0. The van der Waals surface area contributed by atoms with Crippen molar-refractivity contribution in [3.63, 3.8) is 0 Å². The van der Waals surface area contributed by atoms with Crippen molar-refractivity contribution >= 4 is 21.7 Å². The molecule has 1 saturated heterocycles. The first kappa shape index (κ1) is 14.3. The van der Waals surface area contributed by atoms with Gasteiger partial charge in [-0.1, -0.05) is 13.3 Å². The maximum Gasteiger partial charge on any atom is 0.128 e. The van der Waals surface area contributed by atoms with Gasteiger partial charge in [-0.2, -0.15) is 5.26 Å². The minimum atomic E-state index is 0.0741. The van der Waals surface area contributed by atoms with Crippen LogP contribution in [0.1, 0.15) is 19.8 Å². The maximum absolute atomic E-state index is 9.20. The third-order valence-corrected chi connectivity index (χ3v) is 3.97. The molecule has 0 bridgehead atoms. The van der Waals surface area contributed by atoms with Gasteiger partial charge in [-0.05, 0) is 34.5 Å². The Balaban J connectivity index is 1.92. The van der Waals surface area contributed by atoms with Crippen LogP contribution in [0.15, 0.2) is 22.8 Å². The molecular formula is C14H19BrN4. The van der Waals surface area contributed by atoms with Gasteiger partial charge >= 0.3 is 0 Å². The molecule has 4 nitrogen and oxygen atoms in total. The SMILES string of the molecule is CCCC(C#N)N1CCN(c2ccc(Br)cn2)CC1. The number of piperazine rings is 1. The molecular weight excluding hydrogens is 304 g/mol. The predicted molar refractivity (Wildman–Crippen MR) is 80.0 cm³/mol. The summed E-state index contributed by atoms with van der Waals surface area (Å²) in [5, 5.41) is 9.20. The highest BCUT2D eigenvalue weighted by Gasteiger charge is 2.23. The summed E-state index contributed by atoms with van der Waals surface area (Å²) in [4.78, 5) is 9.00. The Morgan fingerprint density at radius 1 is 1.37 bits per heavy atom. The highest BCUT2D eigenvalue weighted by molar-refractivity contribution is 9.10. The molecule has 1 atom stereocenters. The van der Waals surface area contributed by atoms with Crippen molar-refractivity contribution in [1.82, 2.24) is 9.88 Å². The molecule has 2 heterocycles. The minimum absolute atomic E-state index is 0.0741. The maximum atomic E-state index is 9.20. The molecule has 0 radical (unpaired) electrons. The van der Waals surface area contributed by atoms with Crippen LogP contribution >= 0.6 is 15.9 Å². The van der Waals surface area contributed by atoms with Crippen LogP contribution in [-0.2, 0) is 0 Å². The van der Waals surface area contributed by atoms with Gasteiger partial charge in [0, 0.05) is 36.8 Å². The van der Waals surface area contributed by atoms with Crippen LogP contribution < -0.4 is 4.90 Å². The van der Waals surface area contributed by atoms with E-state index in [2.05, 4.69) is 43.7 Å². The summed E-state index contributed by atoms with van der Waals surface area (Å²) in [6.07, 6.45) is 3.86. The summed E-state index contributed by atoms with van der Waals surface area (Å²) in [5.41, 5.74) is 0. The predicted octanol–water partition coefficient (Wildman–Crippen LogP) is 2.66. The van der Waals surface area contributed by atoms with E-state index in [0.717, 1.165) is 49.3 Å². The molecule has 0 amide bonds. The summed E-state index contributed by atoms with van der Waals surface area (Å²) in [5.74, 6) is 1.02. The van der Waals surface area contributed by atoms with Crippen LogP contribution in [0.4, 0.5) is 5.82 Å². The average molecular weight is 323 g/mol. The third-order valence-electron chi connectivity index (χ3n) is 3.50. The molecule has 102 valence electrons. The summed E-state index contributed by atoms with van der Waals surface area (Å²) < 4.78 is 1.00. The van der Waals surface area contributed by atoms with Crippen LogP contribution in [0.3, 0.4) is 0 Å². The van der Waals surface area contributed by atoms with Gasteiger partial charge in [0.2, 0.25) is 0 Å². The van der Waals surface area contributed by atoms with Gasteiger partial charge in [0.05, 0.1) is 12.1 Å². The Hall–Kier alpha value is -1.12. The van der Waals surface area contributed by atoms with Crippen molar-refractivity contribution in [2.24, 2.45) is 0 Å². The Morgan fingerprint density at radius 3 is 2.63 bits per heavy atom. The van der Waals surface area contributed by atoms with Gasteiger partial charge in [-0.15, -0.1) is 0 Å². The second kappa shape index (κ2) is 6.88. The van der Waals surface area contributed by atoms with Gasteiger partial charge in [0.1, 0.15) is 5.82 Å². The molecule has 0 spiro atoms. The van der Waals surface area contributed by atoms with Crippen LogP contribution in [0.25, 0.3) is 0 Å². The molecule has 0 N–H and O–H groups in total. The largest absolute Gasteiger partial charge is 0.354 e. The Labute approximate surface area is 123 Å². The van der Waals surface area contributed by atoms with Gasteiger partial charge < -0.3 is 4.90 Å². The Kier molecular flexibility index (Phi) is 5.17. The number of hydrogen-bond acceptors (Lipinski definition) is 4. The molecule has 1 unspecified atom stereocenters. The van der Waals surface area contributed by atoms with E-state index in [1.807, 2.05) is 18.3 Å². The van der Waals surface area contributed by atoms with E-state index in [-0.39, 0.29) is 6.04 Å². The molecule has 2 rings (SSSR count). The average Bonchev–Trinajstić information content (AvgIpc) is 2.46. The van der Waals surface area contributed by atoms with E-state index in [4.69, 9.17) is 0 Å². The number of aromatic nitrogens is 1. The first-order chi connectivity index (χ1) is 9.24. The van der Waals surface area contributed by atoms with Gasteiger partial charge in [0.15, 0.2) is 0 Å². The fraction of sp³-hybridized carbons (Fsp3) is 0.571. The Morgan fingerprint density at radius 2 is 2.11 bits per heavy atom. The molecule has 1 aliphatic heterocycles. The van der Waals surface area contributed by atoms with Crippen LogP contribution in [0.2, 0.25) is 0 Å². The summed E-state index contributed by atoms with van der Waals surface area (Å²) in [6, 6.07) is 6.55. The van der Waals surface area contributed by atoms with E-state index < -0.39 is 0 Å². The van der Waals surface area contributed by atoms with Crippen molar-refractivity contribution in [1.29, 1.82) is 5.26 Å². The molecule has 0 aromatic carbocycles. The molecule has 1 aromatic rings. The normalized spacial score (nSPS) is 18.1. The quantitative estimate of drug-likeness (QED) is 0.854. The van der Waals surface area contributed by atoms with Crippen molar-refractivity contribution in [2.45, 2.75) is 25.8 Å². The second-order valence-corrected chi connectivity index (χ2v) is 5.71. The van der Waals surface area contributed by atoms with Crippen molar-refractivity contribution in [3.8, 4) is 6.07 Å². The van der Waals surface area contributed by atoms with Crippen molar-refractivity contribution in [3.05, 3.63) is 22.8 Å². The van der Waals surface area contributed by atoms with E-state index >= 15 is 0 Å². The topological polar surface area (TPSA) is 43.2 Å². The fourth-order valence-corrected chi connectivity index (χ4v) is 2.65. The summed E-state index contributed by atoms with van der Waals surface area (Å²) in [7, 11) is 0. The lowest BCUT2D eigenvalue weighted by molar-refractivity contribution is 0.211. The molecule has 0 aliphatic carbocycles. The van der Waals surface area contributed by atoms with Crippen molar-refractivity contribution < 1.29 is 0 Å². The Bertz CT molecular complexity index is 432. The van der Waals surface area contributed by atoms with E-state index in [1.165, 1.54) is 0 Å². The molecule has 5 heteroatoms. The van der Waals surface area contributed by atoms with Crippen LogP contribution in [-0.4, -0.2) is 42.1 Å². The van der Waals surface area contributed by atoms with E-state index in [0.29, 0.717) is 0 Å². The standard InChI is InChI=1S/C14H19BrN4/c1-2-3-13(10-16)18-6-8-19(9-7-18)14-5-4-12(15)11-17-14/h4-5,11,13H,2-3,6-9H2,1H3. The molecule has 0 saturated carbocycles. The van der Waals surface area contributed by atoms with Crippen molar-refractivity contribution in [2.75, 3.05) is 31.1 Å². The lowest BCUT2D eigenvalue weighted by Crippen LogP contribution is -2.50. The first-order valence-electron chi connectivity index (χ1n) is 6.74. The highest BCUT2D eigenvalue weighted by atomic mass is 79.9. The third kappa shape index (κ3) is 3.68. The van der Waals surface area contributed by atoms with Gasteiger partial charge in [-0.25, -0.2) is 4.98 Å². The highest BCUT2D eigenvalue weighted by Crippen LogP contribution is 2.18. The smallest absolute Gasteiger partial charge is 0.128 e. The van der Waals surface area contributed by atoms with E-state index in [9.17, 15) is 5.26 Å². The van der Waals surface area contributed by atoms with Crippen LogP contribution in [0.5, 0.6) is 0 Å². The van der Waals surface area contributed by atoms with E-state index in [1.54, 1.807) is 0 Å². The number of nitrogens with zero attached hydrogens (tertiary/aromatic N) is 4. The van der Waals surface area contributed by atoms with Crippen LogP contribution in [0, 0.1) is 11.3 Å². The minimum Gasteiger partial charge on any atom is -0.354 e. The number of nitriles is 1. The second-order valence-electron chi connectivity index (χ2n) is 4.79. The fourth-order valence-electron chi connectivity index (χ4n) is 2.42. The monoisotopic (exact) mass is 322 g/mol. The van der Waals surface area contributed by atoms with Gasteiger partial charge in [0.25, 0.3) is 0 Å². The van der Waals surface area contributed by atoms with Gasteiger partial charge in [-0.3, -0.25) is 4.90 Å². The molecule has 1 aromatic heterocycles. The summed E-state index contributed by atoms with van der Waals surface area (Å²) in [6.45, 7) is 5.89. The first-order valence-corrected chi connectivity index (χ1v) is 7.54. The molecule has 1 aliphatic rings. The number of pyridine rings is 1. The zero-order valence-electron chi connectivity index (χ0n) is 11.2.